The maximum absolute atomic E-state index is 12.0. The molecule has 1 aliphatic heterocycles. The van der Waals surface area contributed by atoms with Crippen LogP contribution in [-0.4, -0.2) is 48.5 Å². The molecule has 0 radical (unpaired) electrons. The zero-order chi connectivity index (χ0) is 19.1. The van der Waals surface area contributed by atoms with Gasteiger partial charge in [0.2, 0.25) is 5.91 Å². The highest BCUT2D eigenvalue weighted by molar-refractivity contribution is 5.81. The number of carbonyl (C=O) groups excluding carboxylic acids is 1. The smallest absolute Gasteiger partial charge is 0.222 e. The van der Waals surface area contributed by atoms with Gasteiger partial charge in [0.15, 0.2) is 5.96 Å². The maximum Gasteiger partial charge on any atom is 0.222 e. The Kier molecular flexibility index (Phi) is 7.18. The summed E-state index contributed by atoms with van der Waals surface area (Å²) in [7, 11) is 0. The van der Waals surface area contributed by atoms with Crippen LogP contribution in [0.15, 0.2) is 27.8 Å². The van der Waals surface area contributed by atoms with Crippen molar-refractivity contribution >= 4 is 11.9 Å². The van der Waals surface area contributed by atoms with Crippen LogP contribution in [0, 0.1) is 5.92 Å². The summed E-state index contributed by atoms with van der Waals surface area (Å²) >= 11 is 0. The van der Waals surface area contributed by atoms with Crippen LogP contribution in [0.25, 0.3) is 0 Å². The van der Waals surface area contributed by atoms with E-state index in [0.717, 1.165) is 37.7 Å². The lowest BCUT2D eigenvalue weighted by molar-refractivity contribution is -0.129. The Morgan fingerprint density at radius 2 is 2.15 bits per heavy atom. The molecule has 2 fully saturated rings. The van der Waals surface area contributed by atoms with Crippen molar-refractivity contribution in [3.05, 3.63) is 24.2 Å². The maximum atomic E-state index is 12.0. The first-order chi connectivity index (χ1) is 13.2. The van der Waals surface area contributed by atoms with Gasteiger partial charge in [-0.05, 0) is 37.3 Å². The van der Waals surface area contributed by atoms with Crippen molar-refractivity contribution in [2.75, 3.05) is 19.6 Å². The molecule has 1 saturated carbocycles. The van der Waals surface area contributed by atoms with Gasteiger partial charge in [-0.2, -0.15) is 0 Å². The van der Waals surface area contributed by atoms with E-state index < -0.39 is 0 Å². The third-order valence-corrected chi connectivity index (χ3v) is 5.83. The second-order valence-corrected chi connectivity index (χ2v) is 7.90. The van der Waals surface area contributed by atoms with Crippen LogP contribution in [0.5, 0.6) is 0 Å². The standard InChI is InChI=1S/C21H34N4O2/c1-3-20(26)25-13-11-17(15-25)23-21(22-12-10-18-8-6-14-27-18)24-19-9-5-4-7-16(19)2/h6,8,14,16-17,19H,3-5,7,9-13,15H2,1-2H3,(H2,22,23,24). The first kappa shape index (κ1) is 19.8. The average molecular weight is 375 g/mol. The number of rotatable bonds is 6. The van der Waals surface area contributed by atoms with E-state index in [-0.39, 0.29) is 11.9 Å². The Labute approximate surface area is 162 Å². The van der Waals surface area contributed by atoms with Crippen molar-refractivity contribution in [3.63, 3.8) is 0 Å². The van der Waals surface area contributed by atoms with E-state index >= 15 is 0 Å². The van der Waals surface area contributed by atoms with Crippen molar-refractivity contribution < 1.29 is 9.21 Å². The van der Waals surface area contributed by atoms with Gasteiger partial charge in [-0.25, -0.2) is 0 Å². The Balaban J connectivity index is 1.59. The molecule has 1 aromatic rings. The summed E-state index contributed by atoms with van der Waals surface area (Å²) in [5, 5.41) is 7.26. The Bertz CT molecular complexity index is 614. The van der Waals surface area contributed by atoms with Gasteiger partial charge in [0.25, 0.3) is 0 Å². The minimum Gasteiger partial charge on any atom is -0.469 e. The van der Waals surface area contributed by atoms with Crippen molar-refractivity contribution in [3.8, 4) is 0 Å². The molecule has 2 aliphatic rings. The number of hydrogen-bond donors (Lipinski definition) is 2. The van der Waals surface area contributed by atoms with E-state index in [1.807, 2.05) is 24.0 Å². The quantitative estimate of drug-likeness (QED) is 0.593. The molecule has 0 spiro atoms. The van der Waals surface area contributed by atoms with Gasteiger partial charge in [0.1, 0.15) is 5.76 Å². The molecule has 3 unspecified atom stereocenters. The van der Waals surface area contributed by atoms with Gasteiger partial charge >= 0.3 is 0 Å². The second kappa shape index (κ2) is 9.81. The van der Waals surface area contributed by atoms with E-state index in [1.165, 1.54) is 25.7 Å². The zero-order valence-electron chi connectivity index (χ0n) is 16.7. The molecule has 1 aliphatic carbocycles. The topological polar surface area (TPSA) is 69.9 Å². The number of amides is 1. The minimum absolute atomic E-state index is 0.240. The molecule has 2 N–H and O–H groups in total. The van der Waals surface area contributed by atoms with Crippen LogP contribution in [0.4, 0.5) is 0 Å². The Morgan fingerprint density at radius 3 is 2.89 bits per heavy atom. The lowest BCUT2D eigenvalue weighted by Crippen LogP contribution is -2.51. The lowest BCUT2D eigenvalue weighted by Gasteiger charge is -2.31. The number of likely N-dealkylation sites (tertiary alicyclic amines) is 1. The highest BCUT2D eigenvalue weighted by Crippen LogP contribution is 2.23. The number of furan rings is 1. The fourth-order valence-corrected chi connectivity index (χ4v) is 4.09. The van der Waals surface area contributed by atoms with Gasteiger partial charge in [-0.1, -0.05) is 26.7 Å². The molecule has 6 nitrogen and oxygen atoms in total. The van der Waals surface area contributed by atoms with Gasteiger partial charge in [0.05, 0.1) is 6.26 Å². The largest absolute Gasteiger partial charge is 0.469 e. The Hall–Kier alpha value is -1.98. The summed E-state index contributed by atoms with van der Waals surface area (Å²) in [6.45, 7) is 6.55. The molecule has 1 amide bonds. The molecule has 3 rings (SSSR count). The van der Waals surface area contributed by atoms with Gasteiger partial charge in [-0.15, -0.1) is 0 Å². The van der Waals surface area contributed by atoms with E-state index in [1.54, 1.807) is 6.26 Å². The first-order valence-electron chi connectivity index (χ1n) is 10.5. The predicted molar refractivity (Wildman–Crippen MR) is 108 cm³/mol. The van der Waals surface area contributed by atoms with Crippen LogP contribution >= 0.6 is 0 Å². The number of aliphatic imine (C=N–C) groups is 1. The molecular weight excluding hydrogens is 340 g/mol. The molecular formula is C21H34N4O2. The van der Waals surface area contributed by atoms with Gasteiger partial charge < -0.3 is 20.0 Å². The number of nitrogens with zero attached hydrogens (tertiary/aromatic N) is 2. The number of carbonyl (C=O) groups is 1. The van der Waals surface area contributed by atoms with Crippen molar-refractivity contribution in [1.82, 2.24) is 15.5 Å². The summed E-state index contributed by atoms with van der Waals surface area (Å²) in [5.41, 5.74) is 0. The third kappa shape index (κ3) is 5.75. The van der Waals surface area contributed by atoms with Crippen molar-refractivity contribution in [2.24, 2.45) is 10.9 Å². The molecule has 150 valence electrons. The van der Waals surface area contributed by atoms with E-state index in [9.17, 15) is 4.79 Å². The number of hydrogen-bond acceptors (Lipinski definition) is 3. The molecule has 3 atom stereocenters. The molecule has 6 heteroatoms. The highest BCUT2D eigenvalue weighted by Gasteiger charge is 2.27. The molecule has 0 aromatic carbocycles. The summed E-state index contributed by atoms with van der Waals surface area (Å²) in [4.78, 5) is 18.7. The van der Waals surface area contributed by atoms with Crippen LogP contribution in [0.1, 0.15) is 58.1 Å². The van der Waals surface area contributed by atoms with Crippen LogP contribution in [0.3, 0.4) is 0 Å². The van der Waals surface area contributed by atoms with Crippen molar-refractivity contribution in [1.29, 1.82) is 0 Å². The molecule has 1 saturated heterocycles. The third-order valence-electron chi connectivity index (χ3n) is 5.83. The van der Waals surface area contributed by atoms with Gasteiger partial charge in [0, 0.05) is 44.6 Å². The molecule has 2 heterocycles. The summed E-state index contributed by atoms with van der Waals surface area (Å²) in [6, 6.07) is 4.65. The van der Waals surface area contributed by atoms with Crippen LogP contribution in [-0.2, 0) is 11.2 Å². The van der Waals surface area contributed by atoms with Crippen LogP contribution in [0.2, 0.25) is 0 Å². The monoisotopic (exact) mass is 374 g/mol. The minimum atomic E-state index is 0.240. The second-order valence-electron chi connectivity index (χ2n) is 7.90. The summed E-state index contributed by atoms with van der Waals surface area (Å²) in [6.07, 6.45) is 9.14. The SMILES string of the molecule is CCC(=O)N1CCC(NC(=NCCc2ccco2)NC2CCCCC2C)C1. The fourth-order valence-electron chi connectivity index (χ4n) is 4.09. The first-order valence-corrected chi connectivity index (χ1v) is 10.5. The zero-order valence-corrected chi connectivity index (χ0v) is 16.7. The van der Waals surface area contributed by atoms with E-state index in [0.29, 0.717) is 24.9 Å². The summed E-state index contributed by atoms with van der Waals surface area (Å²) in [5.74, 6) is 2.75. The summed E-state index contributed by atoms with van der Waals surface area (Å²) < 4.78 is 5.41. The van der Waals surface area contributed by atoms with Crippen LogP contribution < -0.4 is 10.6 Å². The van der Waals surface area contributed by atoms with E-state index in [2.05, 4.69) is 17.6 Å². The predicted octanol–water partition coefficient (Wildman–Crippen LogP) is 2.95. The van der Waals surface area contributed by atoms with Gasteiger partial charge in [-0.3, -0.25) is 9.79 Å². The molecule has 1 aromatic heterocycles. The highest BCUT2D eigenvalue weighted by atomic mass is 16.3. The van der Waals surface area contributed by atoms with Crippen molar-refractivity contribution in [2.45, 2.75) is 70.9 Å². The fraction of sp³-hybridized carbons (Fsp3) is 0.714. The number of guanidine groups is 1. The lowest BCUT2D eigenvalue weighted by atomic mass is 9.86. The number of nitrogens with one attached hydrogen (secondary N) is 2. The Morgan fingerprint density at radius 1 is 1.30 bits per heavy atom. The molecule has 27 heavy (non-hydrogen) atoms. The average Bonchev–Trinajstić information content (AvgIpc) is 3.35. The molecule has 0 bridgehead atoms. The normalized spacial score (nSPS) is 26.2. The van der Waals surface area contributed by atoms with E-state index in [4.69, 9.17) is 9.41 Å².